The maximum Gasteiger partial charge on any atom is 0.227 e. The van der Waals surface area contributed by atoms with Crippen LogP contribution in [0, 0.1) is 5.41 Å². The van der Waals surface area contributed by atoms with E-state index in [9.17, 15) is 4.79 Å². The van der Waals surface area contributed by atoms with Crippen molar-refractivity contribution in [1.29, 1.82) is 0 Å². The van der Waals surface area contributed by atoms with Gasteiger partial charge in [-0.05, 0) is 37.8 Å². The molecule has 0 bridgehead atoms. The fourth-order valence-electron chi connectivity index (χ4n) is 3.59. The summed E-state index contributed by atoms with van der Waals surface area (Å²) in [5.74, 6) is 0.114. The third-order valence-corrected chi connectivity index (χ3v) is 5.20. The van der Waals surface area contributed by atoms with E-state index in [4.69, 9.17) is 10.5 Å². The number of anilines is 1. The van der Waals surface area contributed by atoms with E-state index in [2.05, 4.69) is 34.5 Å². The van der Waals surface area contributed by atoms with Gasteiger partial charge in [0.1, 0.15) is 0 Å². The summed E-state index contributed by atoms with van der Waals surface area (Å²) in [5.41, 5.74) is 6.73. The first-order valence-corrected chi connectivity index (χ1v) is 8.62. The van der Waals surface area contributed by atoms with Gasteiger partial charge in [-0.15, -0.1) is 0 Å². The van der Waals surface area contributed by atoms with E-state index in [-0.39, 0.29) is 11.9 Å². The summed E-state index contributed by atoms with van der Waals surface area (Å²) in [6, 6.07) is 10.6. The first-order chi connectivity index (χ1) is 11.2. The molecule has 23 heavy (non-hydrogen) atoms. The van der Waals surface area contributed by atoms with Crippen LogP contribution in [0.2, 0.25) is 0 Å². The highest BCUT2D eigenvalue weighted by atomic mass is 16.5. The number of para-hydroxylation sites is 1. The van der Waals surface area contributed by atoms with Crippen LogP contribution in [-0.4, -0.2) is 44.8 Å². The van der Waals surface area contributed by atoms with Crippen molar-refractivity contribution in [2.45, 2.75) is 31.7 Å². The summed E-state index contributed by atoms with van der Waals surface area (Å²) in [6.07, 6.45) is 3.58. The lowest BCUT2D eigenvalue weighted by Gasteiger charge is -2.39. The first-order valence-electron chi connectivity index (χ1n) is 8.62. The molecule has 0 saturated carbocycles. The van der Waals surface area contributed by atoms with E-state index < -0.39 is 5.41 Å². The average Bonchev–Trinajstić information content (AvgIpc) is 2.63. The van der Waals surface area contributed by atoms with Crippen molar-refractivity contribution in [2.24, 2.45) is 11.1 Å². The Morgan fingerprint density at radius 2 is 2.04 bits per heavy atom. The molecule has 5 nitrogen and oxygen atoms in total. The zero-order valence-electron chi connectivity index (χ0n) is 13.7. The number of nitrogens with zero attached hydrogens (tertiary/aromatic N) is 1. The number of carbonyl (C=O) groups excluding carboxylic acids is 1. The monoisotopic (exact) mass is 317 g/mol. The minimum Gasteiger partial charge on any atom is -0.381 e. The van der Waals surface area contributed by atoms with Crippen molar-refractivity contribution in [3.63, 3.8) is 0 Å². The minimum absolute atomic E-state index is 0.114. The molecule has 2 aliphatic rings. The van der Waals surface area contributed by atoms with Crippen LogP contribution in [0.4, 0.5) is 5.69 Å². The Kier molecular flexibility index (Phi) is 5.18. The molecule has 2 heterocycles. The molecule has 0 radical (unpaired) electrons. The predicted molar refractivity (Wildman–Crippen MR) is 91.4 cm³/mol. The second-order valence-electron chi connectivity index (χ2n) is 6.69. The van der Waals surface area contributed by atoms with Crippen molar-refractivity contribution in [3.8, 4) is 0 Å². The molecule has 2 fully saturated rings. The summed E-state index contributed by atoms with van der Waals surface area (Å²) in [7, 11) is 0. The molecule has 0 aromatic heterocycles. The fraction of sp³-hybridized carbons (Fsp3) is 0.611. The van der Waals surface area contributed by atoms with E-state index in [0.717, 1.165) is 38.8 Å². The Morgan fingerprint density at radius 3 is 2.74 bits per heavy atom. The van der Waals surface area contributed by atoms with Crippen LogP contribution >= 0.6 is 0 Å². The van der Waals surface area contributed by atoms with Gasteiger partial charge >= 0.3 is 0 Å². The number of nitrogens with one attached hydrogen (secondary N) is 1. The van der Waals surface area contributed by atoms with Gasteiger partial charge in [-0.1, -0.05) is 18.2 Å². The lowest BCUT2D eigenvalue weighted by atomic mass is 9.79. The van der Waals surface area contributed by atoms with Crippen LogP contribution in [0.1, 0.15) is 25.7 Å². The SMILES string of the molecule is NCC1(C(=O)NC2CCCN(c3ccccc3)C2)CCOCC1. The maximum atomic E-state index is 12.8. The van der Waals surface area contributed by atoms with Crippen molar-refractivity contribution in [3.05, 3.63) is 30.3 Å². The van der Waals surface area contributed by atoms with Gasteiger partial charge < -0.3 is 20.7 Å². The molecule has 1 aromatic carbocycles. The van der Waals surface area contributed by atoms with Gasteiger partial charge in [0.25, 0.3) is 0 Å². The molecular weight excluding hydrogens is 290 g/mol. The number of rotatable bonds is 4. The zero-order chi connectivity index (χ0) is 16.1. The summed E-state index contributed by atoms with van der Waals surface area (Å²) in [5, 5.41) is 3.26. The maximum absolute atomic E-state index is 12.8. The van der Waals surface area contributed by atoms with Crippen LogP contribution in [0.25, 0.3) is 0 Å². The number of ether oxygens (including phenoxy) is 1. The van der Waals surface area contributed by atoms with Crippen molar-refractivity contribution in [1.82, 2.24) is 5.32 Å². The van der Waals surface area contributed by atoms with Gasteiger partial charge in [0, 0.05) is 44.6 Å². The van der Waals surface area contributed by atoms with Gasteiger partial charge in [0.15, 0.2) is 0 Å². The Labute approximate surface area is 138 Å². The Balaban J connectivity index is 1.62. The van der Waals surface area contributed by atoms with Crippen LogP contribution < -0.4 is 16.0 Å². The van der Waals surface area contributed by atoms with Gasteiger partial charge in [0.2, 0.25) is 5.91 Å². The second-order valence-corrected chi connectivity index (χ2v) is 6.69. The quantitative estimate of drug-likeness (QED) is 0.884. The molecule has 1 unspecified atom stereocenters. The molecule has 0 spiro atoms. The molecule has 2 aliphatic heterocycles. The molecular formula is C18H27N3O2. The lowest BCUT2D eigenvalue weighted by molar-refractivity contribution is -0.136. The van der Waals surface area contributed by atoms with Crippen molar-refractivity contribution in [2.75, 3.05) is 37.7 Å². The van der Waals surface area contributed by atoms with Gasteiger partial charge in [-0.2, -0.15) is 0 Å². The van der Waals surface area contributed by atoms with E-state index >= 15 is 0 Å². The van der Waals surface area contributed by atoms with Crippen LogP contribution in [-0.2, 0) is 9.53 Å². The predicted octanol–water partition coefficient (Wildman–Crippen LogP) is 1.53. The number of carbonyl (C=O) groups is 1. The number of nitrogens with two attached hydrogens (primary N) is 1. The third kappa shape index (κ3) is 3.67. The summed E-state index contributed by atoms with van der Waals surface area (Å²) < 4.78 is 5.40. The van der Waals surface area contributed by atoms with Crippen molar-refractivity contribution < 1.29 is 9.53 Å². The van der Waals surface area contributed by atoms with Crippen LogP contribution in [0.3, 0.4) is 0 Å². The van der Waals surface area contributed by atoms with Crippen LogP contribution in [0.15, 0.2) is 30.3 Å². The van der Waals surface area contributed by atoms with Gasteiger partial charge in [-0.25, -0.2) is 0 Å². The van der Waals surface area contributed by atoms with Gasteiger partial charge in [-0.3, -0.25) is 4.79 Å². The zero-order valence-corrected chi connectivity index (χ0v) is 13.7. The minimum atomic E-state index is -0.437. The van der Waals surface area contributed by atoms with E-state index in [1.165, 1.54) is 5.69 Å². The molecule has 0 aliphatic carbocycles. The molecule has 1 aromatic rings. The molecule has 1 atom stereocenters. The number of hydrogen-bond acceptors (Lipinski definition) is 4. The molecule has 3 N–H and O–H groups in total. The molecule has 5 heteroatoms. The Morgan fingerprint density at radius 1 is 1.30 bits per heavy atom. The highest BCUT2D eigenvalue weighted by molar-refractivity contribution is 5.83. The van der Waals surface area contributed by atoms with E-state index in [0.29, 0.717) is 19.8 Å². The number of benzene rings is 1. The fourth-order valence-corrected chi connectivity index (χ4v) is 3.59. The highest BCUT2D eigenvalue weighted by Gasteiger charge is 2.39. The standard InChI is InChI=1S/C18H27N3O2/c19-14-18(8-11-23-12-9-18)17(22)20-15-5-4-10-21(13-15)16-6-2-1-3-7-16/h1-3,6-7,15H,4-5,8-14,19H2,(H,20,22). The second kappa shape index (κ2) is 7.32. The molecule has 1 amide bonds. The van der Waals surface area contributed by atoms with Crippen LogP contribution in [0.5, 0.6) is 0 Å². The number of amides is 1. The topological polar surface area (TPSA) is 67.6 Å². The molecule has 2 saturated heterocycles. The largest absolute Gasteiger partial charge is 0.381 e. The molecule has 126 valence electrons. The highest BCUT2D eigenvalue weighted by Crippen LogP contribution is 2.30. The lowest BCUT2D eigenvalue weighted by Crippen LogP contribution is -2.55. The normalized spacial score (nSPS) is 24.2. The number of hydrogen-bond donors (Lipinski definition) is 2. The summed E-state index contributed by atoms with van der Waals surface area (Å²) in [4.78, 5) is 15.2. The van der Waals surface area contributed by atoms with Gasteiger partial charge in [0.05, 0.1) is 5.41 Å². The summed E-state index contributed by atoms with van der Waals surface area (Å²) >= 11 is 0. The number of piperidine rings is 1. The Bertz CT molecular complexity index is 514. The smallest absolute Gasteiger partial charge is 0.227 e. The molecule has 3 rings (SSSR count). The van der Waals surface area contributed by atoms with E-state index in [1.807, 2.05) is 6.07 Å². The first kappa shape index (κ1) is 16.3. The van der Waals surface area contributed by atoms with E-state index in [1.54, 1.807) is 0 Å². The van der Waals surface area contributed by atoms with Crippen molar-refractivity contribution >= 4 is 11.6 Å². The average molecular weight is 317 g/mol. The summed E-state index contributed by atoms with van der Waals surface area (Å²) in [6.45, 7) is 3.58. The third-order valence-electron chi connectivity index (χ3n) is 5.20. The Hall–Kier alpha value is -1.59.